The Morgan fingerprint density at radius 2 is 1.61 bits per heavy atom. The van der Waals surface area contributed by atoms with Crippen molar-refractivity contribution < 1.29 is 19.1 Å². The Morgan fingerprint density at radius 3 is 2.31 bits per heavy atom. The predicted octanol–water partition coefficient (Wildman–Crippen LogP) is 6.76. The van der Waals surface area contributed by atoms with Gasteiger partial charge in [-0.15, -0.1) is 0 Å². The Balaban J connectivity index is 1.05. The third kappa shape index (κ3) is 6.92. The second-order valence-corrected chi connectivity index (χ2v) is 15.8. The van der Waals surface area contributed by atoms with Crippen LogP contribution < -0.4 is 10.1 Å². The molecule has 3 aliphatic rings. The molecule has 2 amide bonds. The number of hydrogen-bond donors (Lipinski definition) is 1. The molecule has 268 valence electrons. The van der Waals surface area contributed by atoms with Gasteiger partial charge in [0.25, 0.3) is 5.91 Å². The maximum absolute atomic E-state index is 13.4. The zero-order chi connectivity index (χ0) is 36.2. The van der Waals surface area contributed by atoms with Crippen LogP contribution in [0.15, 0.2) is 48.5 Å². The summed E-state index contributed by atoms with van der Waals surface area (Å²) in [5.74, 6) is 0.555. The van der Waals surface area contributed by atoms with Crippen molar-refractivity contribution in [3.63, 3.8) is 0 Å². The van der Waals surface area contributed by atoms with Crippen molar-refractivity contribution in [2.45, 2.75) is 45.9 Å². The van der Waals surface area contributed by atoms with Crippen molar-refractivity contribution in [1.29, 1.82) is 0 Å². The molecule has 2 fully saturated rings. The first kappa shape index (κ1) is 35.3. The number of methoxy groups -OCH3 is 1. The van der Waals surface area contributed by atoms with E-state index in [2.05, 4.69) is 20.1 Å². The van der Waals surface area contributed by atoms with E-state index < -0.39 is 5.60 Å². The minimum atomic E-state index is -0.498. The highest BCUT2D eigenvalue weighted by atomic mass is 35.5. The number of likely N-dealkylation sites (tertiary alicyclic amines) is 2. The van der Waals surface area contributed by atoms with Gasteiger partial charge in [0.2, 0.25) is 5.88 Å². The molecule has 51 heavy (non-hydrogen) atoms. The molecule has 1 N–H and O–H groups in total. The molecule has 0 bridgehead atoms. The quantitative estimate of drug-likeness (QED) is 0.223. The van der Waals surface area contributed by atoms with E-state index in [0.29, 0.717) is 70.4 Å². The molecule has 5 heterocycles. The summed E-state index contributed by atoms with van der Waals surface area (Å²) in [6, 6.07) is 15.2. The second kappa shape index (κ2) is 13.4. The Labute approximate surface area is 308 Å². The van der Waals surface area contributed by atoms with Gasteiger partial charge in [0.1, 0.15) is 5.60 Å². The van der Waals surface area contributed by atoms with Crippen LogP contribution in [0.5, 0.6) is 5.88 Å². The highest BCUT2D eigenvalue weighted by Gasteiger charge is 2.53. The summed E-state index contributed by atoms with van der Waals surface area (Å²) in [6.45, 7) is 11.2. The zero-order valence-corrected chi connectivity index (χ0v) is 31.4. The van der Waals surface area contributed by atoms with E-state index in [1.54, 1.807) is 18.1 Å². The summed E-state index contributed by atoms with van der Waals surface area (Å²) in [6.07, 6.45) is 0.595. The minimum Gasteiger partial charge on any atom is -0.481 e. The number of fused-ring (bicyclic) bond motifs is 1. The molecule has 0 aliphatic carbocycles. The first-order chi connectivity index (χ1) is 24.2. The molecular weight excluding hydrogens is 689 g/mol. The van der Waals surface area contributed by atoms with E-state index in [0.717, 1.165) is 48.6 Å². The van der Waals surface area contributed by atoms with Crippen LogP contribution in [0.3, 0.4) is 0 Å². The number of benzene rings is 2. The fourth-order valence-electron chi connectivity index (χ4n) is 7.40. The molecule has 0 radical (unpaired) electrons. The van der Waals surface area contributed by atoms with Gasteiger partial charge in [-0.25, -0.2) is 14.8 Å². The molecule has 0 saturated carbocycles. The summed E-state index contributed by atoms with van der Waals surface area (Å²) in [5.41, 5.74) is 5.86. The smallest absolute Gasteiger partial charge is 0.410 e. The van der Waals surface area contributed by atoms with Gasteiger partial charge in [-0.3, -0.25) is 9.69 Å². The fourth-order valence-corrected chi connectivity index (χ4v) is 8.00. The number of nitrogens with zero attached hydrogens (tertiary/aromatic N) is 6. The molecule has 0 unspecified atom stereocenters. The summed E-state index contributed by atoms with van der Waals surface area (Å²) in [7, 11) is 5.55. The minimum absolute atomic E-state index is 0.127. The highest BCUT2D eigenvalue weighted by Crippen LogP contribution is 2.43. The van der Waals surface area contributed by atoms with Gasteiger partial charge in [-0.2, -0.15) is 0 Å². The lowest BCUT2D eigenvalue weighted by molar-refractivity contribution is -0.115. The number of imidazole rings is 1. The first-order valence-corrected chi connectivity index (χ1v) is 17.9. The molecule has 7 rings (SSSR count). The van der Waals surface area contributed by atoms with Gasteiger partial charge >= 0.3 is 6.09 Å². The fraction of sp³-hybridized carbons (Fsp3) is 0.421. The number of likely N-dealkylation sites (N-methyl/N-ethyl adjacent to an activating group) is 1. The number of ether oxygens (including phenoxy) is 2. The normalized spacial score (nSPS) is 17.1. The van der Waals surface area contributed by atoms with Crippen LogP contribution in [-0.2, 0) is 31.3 Å². The van der Waals surface area contributed by atoms with Gasteiger partial charge < -0.3 is 29.2 Å². The lowest BCUT2D eigenvalue weighted by atomic mass is 9.73. The molecule has 0 atom stereocenters. The summed E-state index contributed by atoms with van der Waals surface area (Å²) < 4.78 is 13.1. The number of pyridine rings is 1. The molecule has 4 aromatic rings. The average molecular weight is 733 g/mol. The van der Waals surface area contributed by atoms with Crippen LogP contribution in [0.1, 0.15) is 48.3 Å². The Hall–Kier alpha value is -4.16. The number of anilines is 1. The van der Waals surface area contributed by atoms with Crippen LogP contribution in [0.25, 0.3) is 22.4 Å². The third-order valence-corrected chi connectivity index (χ3v) is 10.6. The largest absolute Gasteiger partial charge is 0.481 e. The number of nitrogens with one attached hydrogen (secondary N) is 1. The Bertz CT molecular complexity index is 2010. The second-order valence-electron chi connectivity index (χ2n) is 15.0. The Kier molecular flexibility index (Phi) is 9.28. The van der Waals surface area contributed by atoms with E-state index in [4.69, 9.17) is 37.7 Å². The molecule has 13 heteroatoms. The maximum Gasteiger partial charge on any atom is 0.410 e. The van der Waals surface area contributed by atoms with E-state index >= 15 is 0 Å². The van der Waals surface area contributed by atoms with Crippen LogP contribution in [0.2, 0.25) is 10.0 Å². The lowest BCUT2D eigenvalue weighted by Crippen LogP contribution is -2.72. The SMILES string of the molecule is COc1nc(-c2cccc(-c3cccc(NC(=O)c4nc5c(n4C)CCN(C)C5)c3Cl)c2Cl)ccc1CN1CC2(C1)CN(C(=O)OC(C)(C)C)C2. The molecule has 1 spiro atoms. The van der Waals surface area contributed by atoms with Crippen LogP contribution >= 0.6 is 23.2 Å². The van der Waals surface area contributed by atoms with Gasteiger partial charge in [0.15, 0.2) is 5.82 Å². The molecule has 2 aromatic heterocycles. The number of aromatic nitrogens is 3. The monoisotopic (exact) mass is 731 g/mol. The number of halogens is 2. The van der Waals surface area contributed by atoms with Crippen molar-refractivity contribution in [2.24, 2.45) is 12.5 Å². The molecule has 2 saturated heterocycles. The van der Waals surface area contributed by atoms with Crippen molar-refractivity contribution >= 4 is 40.9 Å². The number of amides is 2. The number of carbonyl (C=O) groups is 2. The first-order valence-electron chi connectivity index (χ1n) is 17.1. The van der Waals surface area contributed by atoms with Crippen molar-refractivity contribution in [3.05, 3.63) is 81.4 Å². The average Bonchev–Trinajstić information content (AvgIpc) is 3.37. The highest BCUT2D eigenvalue weighted by molar-refractivity contribution is 6.39. The van der Waals surface area contributed by atoms with E-state index in [-0.39, 0.29) is 17.4 Å². The van der Waals surface area contributed by atoms with Crippen LogP contribution in [-0.4, -0.2) is 93.7 Å². The molecule has 11 nitrogen and oxygen atoms in total. The topological polar surface area (TPSA) is 105 Å². The van der Waals surface area contributed by atoms with Gasteiger partial charge in [0, 0.05) is 92.6 Å². The van der Waals surface area contributed by atoms with Crippen LogP contribution in [0, 0.1) is 5.41 Å². The molecule has 3 aliphatic heterocycles. The van der Waals surface area contributed by atoms with Crippen molar-refractivity contribution in [1.82, 2.24) is 29.2 Å². The van der Waals surface area contributed by atoms with E-state index in [9.17, 15) is 9.59 Å². The Morgan fingerprint density at radius 1 is 0.922 bits per heavy atom. The van der Waals surface area contributed by atoms with Gasteiger partial charge in [-0.1, -0.05) is 59.6 Å². The number of carbonyl (C=O) groups excluding carboxylic acids is 2. The number of rotatable bonds is 7. The zero-order valence-electron chi connectivity index (χ0n) is 29.8. The maximum atomic E-state index is 13.4. The van der Waals surface area contributed by atoms with Gasteiger partial charge in [-0.05, 0) is 40.0 Å². The summed E-state index contributed by atoms with van der Waals surface area (Å²) in [5, 5.41) is 3.83. The summed E-state index contributed by atoms with van der Waals surface area (Å²) >= 11 is 14.0. The molecular formula is C38H43Cl2N7O4. The van der Waals surface area contributed by atoms with Crippen molar-refractivity contribution in [3.8, 4) is 28.3 Å². The number of hydrogen-bond acceptors (Lipinski definition) is 8. The molecule has 2 aromatic carbocycles. The third-order valence-electron chi connectivity index (χ3n) is 9.81. The standard InChI is InChI=1S/C38H43Cl2N7O4/c1-37(2,3)51-36(49)47-21-38(22-47)19-46(20-38)17-23-13-14-27(43-35(23)50-6)26-11-7-9-24(31(26)39)25-10-8-12-28(32(25)40)42-34(48)33-41-29-18-44(4)16-15-30(29)45(33)5/h7-14H,15-22H2,1-6H3,(H,42,48). The predicted molar refractivity (Wildman–Crippen MR) is 198 cm³/mol. The van der Waals surface area contributed by atoms with Gasteiger partial charge in [0.05, 0.1) is 34.2 Å². The lowest BCUT2D eigenvalue weighted by Gasteiger charge is -2.60. The summed E-state index contributed by atoms with van der Waals surface area (Å²) in [4.78, 5) is 41.6. The van der Waals surface area contributed by atoms with E-state index in [1.807, 2.05) is 81.9 Å². The van der Waals surface area contributed by atoms with Crippen LogP contribution in [0.4, 0.5) is 10.5 Å². The van der Waals surface area contributed by atoms with Crippen molar-refractivity contribution in [2.75, 3.05) is 52.2 Å². The van der Waals surface area contributed by atoms with E-state index in [1.165, 1.54) is 0 Å².